The highest BCUT2D eigenvalue weighted by Crippen LogP contribution is 1.90. The molecule has 0 aliphatic rings. The standard InChI is InChI=1S/C9H12O2/c1-4-11-9(10)7-5-6-8(2)3/h2,4,6H2,1,3H3. The topological polar surface area (TPSA) is 26.3 Å². The lowest BCUT2D eigenvalue weighted by Crippen LogP contribution is -1.99. The molecule has 0 aromatic rings. The summed E-state index contributed by atoms with van der Waals surface area (Å²) in [7, 11) is 0. The van der Waals surface area contributed by atoms with Gasteiger partial charge in [0.05, 0.1) is 6.61 Å². The fraction of sp³-hybridized carbons (Fsp3) is 0.444. The van der Waals surface area contributed by atoms with E-state index in [9.17, 15) is 4.79 Å². The second-order valence-electron chi connectivity index (χ2n) is 2.16. The van der Waals surface area contributed by atoms with Crippen molar-refractivity contribution in [2.75, 3.05) is 6.61 Å². The van der Waals surface area contributed by atoms with E-state index in [1.165, 1.54) is 0 Å². The van der Waals surface area contributed by atoms with Crippen molar-refractivity contribution >= 4 is 5.97 Å². The van der Waals surface area contributed by atoms with Crippen LogP contribution in [0.25, 0.3) is 0 Å². The minimum atomic E-state index is -0.464. The number of hydrogen-bond donors (Lipinski definition) is 0. The van der Waals surface area contributed by atoms with Crippen molar-refractivity contribution in [1.29, 1.82) is 0 Å². The van der Waals surface area contributed by atoms with Crippen molar-refractivity contribution in [2.45, 2.75) is 20.3 Å². The molecule has 60 valence electrons. The summed E-state index contributed by atoms with van der Waals surface area (Å²) in [6.45, 7) is 7.63. The van der Waals surface area contributed by atoms with Gasteiger partial charge in [0, 0.05) is 12.3 Å². The van der Waals surface area contributed by atoms with Gasteiger partial charge in [0.25, 0.3) is 0 Å². The molecule has 2 heteroatoms. The first-order valence-corrected chi connectivity index (χ1v) is 3.46. The SMILES string of the molecule is C=C(C)CC#CC(=O)OCC. The van der Waals surface area contributed by atoms with E-state index in [0.29, 0.717) is 13.0 Å². The Labute approximate surface area is 67.2 Å². The van der Waals surface area contributed by atoms with E-state index in [-0.39, 0.29) is 0 Å². The molecule has 0 unspecified atom stereocenters. The van der Waals surface area contributed by atoms with Gasteiger partial charge in [-0.2, -0.15) is 0 Å². The lowest BCUT2D eigenvalue weighted by molar-refractivity contribution is -0.136. The Bertz CT molecular complexity index is 205. The Kier molecular flexibility index (Phi) is 4.93. The number of carbonyl (C=O) groups excluding carboxylic acids is 1. The zero-order chi connectivity index (χ0) is 8.69. The molecule has 0 aliphatic heterocycles. The zero-order valence-electron chi connectivity index (χ0n) is 6.94. The number of allylic oxidation sites excluding steroid dienone is 1. The van der Waals surface area contributed by atoms with Crippen LogP contribution in [0, 0.1) is 11.8 Å². The first-order chi connectivity index (χ1) is 5.16. The summed E-state index contributed by atoms with van der Waals surface area (Å²) < 4.78 is 4.58. The number of esters is 1. The molecule has 0 aliphatic carbocycles. The van der Waals surface area contributed by atoms with Crippen LogP contribution in [0.15, 0.2) is 12.2 Å². The maximum absolute atomic E-state index is 10.6. The highest BCUT2D eigenvalue weighted by Gasteiger charge is 1.90. The molecule has 0 rings (SSSR count). The molecule has 0 atom stereocenters. The van der Waals surface area contributed by atoms with E-state index < -0.39 is 5.97 Å². The quantitative estimate of drug-likeness (QED) is 0.259. The lowest BCUT2D eigenvalue weighted by Gasteiger charge is -1.90. The average molecular weight is 152 g/mol. The van der Waals surface area contributed by atoms with Crippen LogP contribution in [0.4, 0.5) is 0 Å². The van der Waals surface area contributed by atoms with Gasteiger partial charge in [0.15, 0.2) is 0 Å². The summed E-state index contributed by atoms with van der Waals surface area (Å²) in [5.74, 6) is 4.52. The monoisotopic (exact) mass is 152 g/mol. The molecule has 0 bridgehead atoms. The molecule has 0 aromatic carbocycles. The second-order valence-corrected chi connectivity index (χ2v) is 2.16. The van der Waals surface area contributed by atoms with Crippen LogP contribution < -0.4 is 0 Å². The van der Waals surface area contributed by atoms with E-state index in [1.54, 1.807) is 6.92 Å². The molecule has 0 radical (unpaired) electrons. The van der Waals surface area contributed by atoms with Crippen LogP contribution in [0.5, 0.6) is 0 Å². The first kappa shape index (κ1) is 9.77. The molecule has 0 aromatic heterocycles. The van der Waals surface area contributed by atoms with Gasteiger partial charge in [-0.25, -0.2) is 4.79 Å². The van der Waals surface area contributed by atoms with Gasteiger partial charge in [0.2, 0.25) is 0 Å². The van der Waals surface area contributed by atoms with Crippen LogP contribution in [-0.2, 0) is 9.53 Å². The van der Waals surface area contributed by atoms with Crippen LogP contribution in [0.2, 0.25) is 0 Å². The first-order valence-electron chi connectivity index (χ1n) is 3.46. The molecular formula is C9H12O2. The summed E-state index contributed by atoms with van der Waals surface area (Å²) in [5, 5.41) is 0. The Morgan fingerprint density at radius 3 is 2.73 bits per heavy atom. The molecule has 0 saturated carbocycles. The summed E-state index contributed by atoms with van der Waals surface area (Å²) in [6.07, 6.45) is 0.554. The van der Waals surface area contributed by atoms with Crippen molar-refractivity contribution in [1.82, 2.24) is 0 Å². The normalized spacial score (nSPS) is 7.82. The van der Waals surface area contributed by atoms with E-state index in [2.05, 4.69) is 23.2 Å². The molecule has 2 nitrogen and oxygen atoms in total. The van der Waals surface area contributed by atoms with Crippen LogP contribution in [-0.4, -0.2) is 12.6 Å². The smallest absolute Gasteiger partial charge is 0.384 e. The maximum Gasteiger partial charge on any atom is 0.384 e. The third-order valence-electron chi connectivity index (χ3n) is 0.856. The Morgan fingerprint density at radius 1 is 1.64 bits per heavy atom. The molecule has 11 heavy (non-hydrogen) atoms. The lowest BCUT2D eigenvalue weighted by atomic mass is 10.2. The van der Waals surface area contributed by atoms with Gasteiger partial charge in [-0.05, 0) is 13.8 Å². The van der Waals surface area contributed by atoms with Crippen LogP contribution in [0.1, 0.15) is 20.3 Å². The minimum Gasteiger partial charge on any atom is -0.456 e. The zero-order valence-corrected chi connectivity index (χ0v) is 6.94. The third-order valence-corrected chi connectivity index (χ3v) is 0.856. The molecular weight excluding hydrogens is 140 g/mol. The van der Waals surface area contributed by atoms with Crippen molar-refractivity contribution in [3.05, 3.63) is 12.2 Å². The Balaban J connectivity index is 3.69. The van der Waals surface area contributed by atoms with Gasteiger partial charge < -0.3 is 4.74 Å². The van der Waals surface area contributed by atoms with Crippen LogP contribution in [0.3, 0.4) is 0 Å². The van der Waals surface area contributed by atoms with Crippen LogP contribution >= 0.6 is 0 Å². The summed E-state index contributed by atoms with van der Waals surface area (Å²) >= 11 is 0. The minimum absolute atomic E-state index is 0.376. The van der Waals surface area contributed by atoms with Crippen molar-refractivity contribution in [2.24, 2.45) is 0 Å². The number of ether oxygens (including phenoxy) is 1. The molecule has 0 fully saturated rings. The fourth-order valence-corrected chi connectivity index (χ4v) is 0.434. The van der Waals surface area contributed by atoms with Crippen molar-refractivity contribution in [3.63, 3.8) is 0 Å². The molecule has 0 heterocycles. The van der Waals surface area contributed by atoms with E-state index in [1.807, 2.05) is 6.92 Å². The molecule has 0 saturated heterocycles. The van der Waals surface area contributed by atoms with Crippen molar-refractivity contribution < 1.29 is 9.53 Å². The van der Waals surface area contributed by atoms with Crippen molar-refractivity contribution in [3.8, 4) is 11.8 Å². The van der Waals surface area contributed by atoms with Gasteiger partial charge in [-0.3, -0.25) is 0 Å². The summed E-state index contributed by atoms with van der Waals surface area (Å²) in [6, 6.07) is 0. The largest absolute Gasteiger partial charge is 0.456 e. The average Bonchev–Trinajstić information content (AvgIpc) is 1.87. The predicted octanol–water partition coefficient (Wildman–Crippen LogP) is 1.52. The number of rotatable bonds is 2. The highest BCUT2D eigenvalue weighted by atomic mass is 16.5. The Morgan fingerprint density at radius 2 is 2.27 bits per heavy atom. The van der Waals surface area contributed by atoms with Gasteiger partial charge in [-0.1, -0.05) is 18.1 Å². The third kappa shape index (κ3) is 6.66. The molecule has 0 amide bonds. The second kappa shape index (κ2) is 5.55. The molecule has 0 spiro atoms. The fourth-order valence-electron chi connectivity index (χ4n) is 0.434. The highest BCUT2D eigenvalue weighted by molar-refractivity contribution is 5.88. The van der Waals surface area contributed by atoms with E-state index >= 15 is 0 Å². The number of carbonyl (C=O) groups is 1. The summed E-state index contributed by atoms with van der Waals surface area (Å²) in [4.78, 5) is 10.6. The predicted molar refractivity (Wildman–Crippen MR) is 43.8 cm³/mol. The molecule has 0 N–H and O–H groups in total. The summed E-state index contributed by atoms with van der Waals surface area (Å²) in [5.41, 5.74) is 0.946. The van der Waals surface area contributed by atoms with E-state index in [0.717, 1.165) is 5.57 Å². The van der Waals surface area contributed by atoms with Gasteiger partial charge in [0.1, 0.15) is 0 Å². The Hall–Kier alpha value is -1.23. The van der Waals surface area contributed by atoms with Gasteiger partial charge >= 0.3 is 5.97 Å². The maximum atomic E-state index is 10.6. The number of hydrogen-bond acceptors (Lipinski definition) is 2. The van der Waals surface area contributed by atoms with Gasteiger partial charge in [-0.15, -0.1) is 0 Å². The van der Waals surface area contributed by atoms with E-state index in [4.69, 9.17) is 0 Å².